The van der Waals surface area contributed by atoms with Gasteiger partial charge in [-0.1, -0.05) is 29.8 Å². The molecular weight excluding hydrogens is 212 g/mol. The highest BCUT2D eigenvalue weighted by atomic mass is 16.5. The van der Waals surface area contributed by atoms with Crippen molar-refractivity contribution in [1.82, 2.24) is 0 Å². The van der Waals surface area contributed by atoms with E-state index in [-0.39, 0.29) is 5.92 Å². The van der Waals surface area contributed by atoms with Crippen LogP contribution in [0.15, 0.2) is 35.9 Å². The first-order chi connectivity index (χ1) is 8.20. The van der Waals surface area contributed by atoms with E-state index < -0.39 is 0 Å². The van der Waals surface area contributed by atoms with Crippen molar-refractivity contribution in [3.05, 3.63) is 41.5 Å². The van der Waals surface area contributed by atoms with Gasteiger partial charge >= 0.3 is 0 Å². The molecule has 0 saturated heterocycles. The molecule has 90 valence electrons. The van der Waals surface area contributed by atoms with Crippen molar-refractivity contribution >= 4 is 5.78 Å². The Balaban J connectivity index is 2.15. The van der Waals surface area contributed by atoms with Gasteiger partial charge in [-0.15, -0.1) is 0 Å². The third kappa shape index (κ3) is 2.76. The maximum Gasteiger partial charge on any atom is 0.140 e. The second-order valence-electron chi connectivity index (χ2n) is 4.64. The molecule has 2 nitrogen and oxygen atoms in total. The van der Waals surface area contributed by atoms with Gasteiger partial charge in [-0.3, -0.25) is 4.79 Å². The number of carbonyl (C=O) groups excluding carboxylic acids is 1. The Hall–Kier alpha value is -1.57. The van der Waals surface area contributed by atoms with Crippen LogP contribution < -0.4 is 4.74 Å². The number of rotatable bonds is 3. The zero-order chi connectivity index (χ0) is 12.3. The molecule has 0 radical (unpaired) electrons. The fraction of sp³-hybridized carbons (Fsp3) is 0.400. The number of benzene rings is 1. The van der Waals surface area contributed by atoms with E-state index in [1.165, 1.54) is 5.57 Å². The van der Waals surface area contributed by atoms with Crippen molar-refractivity contribution in [2.45, 2.75) is 26.2 Å². The number of allylic oxidation sites excluding steroid dienone is 2. The predicted octanol–water partition coefficient (Wildman–Crippen LogP) is 3.16. The summed E-state index contributed by atoms with van der Waals surface area (Å²) in [6, 6.07) is 7.94. The highest BCUT2D eigenvalue weighted by molar-refractivity contribution is 5.84. The van der Waals surface area contributed by atoms with E-state index in [1.54, 1.807) is 7.11 Å². The van der Waals surface area contributed by atoms with Gasteiger partial charge in [0.2, 0.25) is 0 Å². The first kappa shape index (κ1) is 11.9. The van der Waals surface area contributed by atoms with E-state index in [9.17, 15) is 4.79 Å². The molecule has 0 fully saturated rings. The second-order valence-corrected chi connectivity index (χ2v) is 4.64. The molecule has 1 unspecified atom stereocenters. The van der Waals surface area contributed by atoms with E-state index in [0.717, 1.165) is 24.2 Å². The number of hydrogen-bond acceptors (Lipinski definition) is 2. The molecule has 0 N–H and O–H groups in total. The van der Waals surface area contributed by atoms with Crippen LogP contribution in [0.5, 0.6) is 5.75 Å². The minimum Gasteiger partial charge on any atom is -0.496 e. The summed E-state index contributed by atoms with van der Waals surface area (Å²) >= 11 is 0. The van der Waals surface area contributed by atoms with E-state index >= 15 is 0 Å². The number of carbonyl (C=O) groups is 1. The molecule has 0 amide bonds. The first-order valence-electron chi connectivity index (χ1n) is 6.01. The summed E-state index contributed by atoms with van der Waals surface area (Å²) < 4.78 is 5.32. The number of para-hydroxylation sites is 1. The number of hydrogen-bond donors (Lipinski definition) is 0. The van der Waals surface area contributed by atoms with Crippen LogP contribution in [0.25, 0.3) is 0 Å². The van der Waals surface area contributed by atoms with Gasteiger partial charge in [0.25, 0.3) is 0 Å². The number of ether oxygens (including phenoxy) is 1. The summed E-state index contributed by atoms with van der Waals surface area (Å²) in [6.45, 7) is 2.10. The average molecular weight is 230 g/mol. The second kappa shape index (κ2) is 5.17. The van der Waals surface area contributed by atoms with Gasteiger partial charge in [0.05, 0.1) is 7.11 Å². The number of ketones is 1. The summed E-state index contributed by atoms with van der Waals surface area (Å²) in [5.41, 5.74) is 2.45. The summed E-state index contributed by atoms with van der Waals surface area (Å²) in [4.78, 5) is 11.9. The van der Waals surface area contributed by atoms with Gasteiger partial charge < -0.3 is 4.74 Å². The number of methoxy groups -OCH3 is 1. The Morgan fingerprint density at radius 1 is 1.35 bits per heavy atom. The molecule has 1 aromatic carbocycles. The van der Waals surface area contributed by atoms with E-state index in [4.69, 9.17) is 4.74 Å². The van der Waals surface area contributed by atoms with Crippen LogP contribution in [0, 0.1) is 5.92 Å². The molecule has 1 aliphatic carbocycles. The smallest absolute Gasteiger partial charge is 0.140 e. The maximum absolute atomic E-state index is 11.9. The lowest BCUT2D eigenvalue weighted by atomic mass is 9.84. The van der Waals surface area contributed by atoms with Crippen LogP contribution in [-0.4, -0.2) is 12.9 Å². The van der Waals surface area contributed by atoms with Gasteiger partial charge in [-0.25, -0.2) is 0 Å². The van der Waals surface area contributed by atoms with Gasteiger partial charge in [0.15, 0.2) is 0 Å². The highest BCUT2D eigenvalue weighted by Crippen LogP contribution is 2.28. The zero-order valence-electron chi connectivity index (χ0n) is 10.4. The molecule has 1 aliphatic rings. The molecule has 2 rings (SSSR count). The third-order valence-corrected chi connectivity index (χ3v) is 3.33. The molecule has 0 aliphatic heterocycles. The average Bonchev–Trinajstić information content (AvgIpc) is 2.34. The topological polar surface area (TPSA) is 26.3 Å². The molecule has 0 bridgehead atoms. The standard InChI is InChI=1S/C15H18O2/c1-11-7-8-14(16)13(9-11)10-12-5-3-4-6-15(12)17-2/h3-7,13H,8-10H2,1-2H3. The lowest BCUT2D eigenvalue weighted by Crippen LogP contribution is -2.20. The molecule has 2 heteroatoms. The van der Waals surface area contributed by atoms with Crippen LogP contribution in [0.3, 0.4) is 0 Å². The zero-order valence-corrected chi connectivity index (χ0v) is 10.4. The van der Waals surface area contributed by atoms with Gasteiger partial charge in [0, 0.05) is 12.3 Å². The van der Waals surface area contributed by atoms with Crippen LogP contribution in [0.2, 0.25) is 0 Å². The number of Topliss-reactive ketones (excluding diaryl/α,β-unsaturated/α-hetero) is 1. The summed E-state index contributed by atoms with van der Waals surface area (Å²) in [7, 11) is 1.67. The first-order valence-corrected chi connectivity index (χ1v) is 6.01. The Bertz CT molecular complexity index is 446. The normalized spacial score (nSPS) is 20.0. The van der Waals surface area contributed by atoms with Crippen LogP contribution in [0.1, 0.15) is 25.3 Å². The van der Waals surface area contributed by atoms with Crippen LogP contribution in [0.4, 0.5) is 0 Å². The molecule has 0 saturated carbocycles. The molecule has 0 heterocycles. The summed E-state index contributed by atoms with van der Waals surface area (Å²) in [5, 5.41) is 0. The lowest BCUT2D eigenvalue weighted by molar-refractivity contribution is -0.122. The molecule has 1 atom stereocenters. The lowest BCUT2D eigenvalue weighted by Gasteiger charge is -2.20. The van der Waals surface area contributed by atoms with Crippen molar-refractivity contribution < 1.29 is 9.53 Å². The van der Waals surface area contributed by atoms with Gasteiger partial charge in [0.1, 0.15) is 11.5 Å². The van der Waals surface area contributed by atoms with Gasteiger partial charge in [-0.2, -0.15) is 0 Å². The molecule has 0 spiro atoms. The monoisotopic (exact) mass is 230 g/mol. The minimum atomic E-state index is 0.122. The fourth-order valence-electron chi connectivity index (χ4n) is 2.35. The minimum absolute atomic E-state index is 0.122. The van der Waals surface area contributed by atoms with Crippen molar-refractivity contribution in [1.29, 1.82) is 0 Å². The molecule has 0 aromatic heterocycles. The summed E-state index contributed by atoms with van der Waals surface area (Å²) in [5.74, 6) is 1.35. The molecule has 17 heavy (non-hydrogen) atoms. The van der Waals surface area contributed by atoms with Gasteiger partial charge in [-0.05, 0) is 31.4 Å². The molecule has 1 aromatic rings. The third-order valence-electron chi connectivity index (χ3n) is 3.33. The Morgan fingerprint density at radius 3 is 2.88 bits per heavy atom. The Labute approximate surface area is 102 Å². The Morgan fingerprint density at radius 2 is 2.12 bits per heavy atom. The van der Waals surface area contributed by atoms with Crippen molar-refractivity contribution in [3.63, 3.8) is 0 Å². The Kier molecular flexibility index (Phi) is 3.62. The fourth-order valence-corrected chi connectivity index (χ4v) is 2.35. The van der Waals surface area contributed by atoms with Crippen molar-refractivity contribution in [2.75, 3.05) is 7.11 Å². The quantitative estimate of drug-likeness (QED) is 0.745. The summed E-state index contributed by atoms with van der Waals surface area (Å²) in [6.07, 6.45) is 4.30. The van der Waals surface area contributed by atoms with E-state index in [1.807, 2.05) is 30.3 Å². The molecular formula is C15H18O2. The van der Waals surface area contributed by atoms with E-state index in [2.05, 4.69) is 6.92 Å². The maximum atomic E-state index is 11.9. The van der Waals surface area contributed by atoms with Crippen LogP contribution in [-0.2, 0) is 11.2 Å². The predicted molar refractivity (Wildman–Crippen MR) is 68.2 cm³/mol. The highest BCUT2D eigenvalue weighted by Gasteiger charge is 2.22. The van der Waals surface area contributed by atoms with Crippen molar-refractivity contribution in [2.24, 2.45) is 5.92 Å². The van der Waals surface area contributed by atoms with Crippen LogP contribution >= 0.6 is 0 Å². The SMILES string of the molecule is COc1ccccc1CC1CC(C)=CCC1=O. The van der Waals surface area contributed by atoms with E-state index in [0.29, 0.717) is 12.2 Å². The van der Waals surface area contributed by atoms with Crippen molar-refractivity contribution in [3.8, 4) is 5.75 Å². The largest absolute Gasteiger partial charge is 0.496 e.